The summed E-state index contributed by atoms with van der Waals surface area (Å²) in [5.41, 5.74) is 0. The van der Waals surface area contributed by atoms with E-state index in [1.165, 1.54) is 4.72 Å². The molecule has 25 heteroatoms. The molecule has 41 heavy (non-hydrogen) atoms. The van der Waals surface area contributed by atoms with Crippen LogP contribution in [0, 0.1) is 5.21 Å². The van der Waals surface area contributed by atoms with Gasteiger partial charge in [0.2, 0.25) is 5.28 Å². The van der Waals surface area contributed by atoms with Crippen LogP contribution in [0.15, 0.2) is 5.28 Å². The van der Waals surface area contributed by atoms with E-state index in [4.69, 9.17) is 19.4 Å². The number of carboxylic acids is 1. The number of aliphatic carboxylic acids is 1. The van der Waals surface area contributed by atoms with E-state index in [1.54, 1.807) is 4.90 Å². The summed E-state index contributed by atoms with van der Waals surface area (Å²) in [6, 6.07) is -2.23. The zero-order valence-electron chi connectivity index (χ0n) is 20.6. The van der Waals surface area contributed by atoms with Gasteiger partial charge in [-0.25, -0.2) is 8.98 Å². The number of aliphatic hydroxyl groups excluding tert-OH is 4. The van der Waals surface area contributed by atoms with Crippen molar-refractivity contribution in [3.05, 3.63) is 5.21 Å². The minimum absolute atomic E-state index is 0.0128. The van der Waals surface area contributed by atoms with Crippen molar-refractivity contribution in [1.29, 1.82) is 0 Å². The molecule has 10 atom stereocenters. The maximum Gasteiger partial charge on any atom is 0.397 e. The SMILES string of the molecule is O=C(O)[C@H]1O[C@@H](O[C@H]2[C@H](OS(=O)(=O)O)[C@@H](NS(=O)(=O)O)[C@@H](O)O[C@@H]2CN2CCN(/[N+]([O-])=N/O)CC2)[C@H](O)[C@@H](O)[C@@H]1O. The van der Waals surface area contributed by atoms with Gasteiger partial charge in [0.25, 0.3) is 0 Å². The van der Waals surface area contributed by atoms with Crippen molar-refractivity contribution in [2.45, 2.75) is 61.3 Å². The number of nitrogens with zero attached hydrogens (tertiary/aromatic N) is 4. The summed E-state index contributed by atoms with van der Waals surface area (Å²) in [6.45, 7) is -0.239. The first-order valence-electron chi connectivity index (χ1n) is 11.5. The van der Waals surface area contributed by atoms with Gasteiger partial charge in [0, 0.05) is 19.6 Å². The van der Waals surface area contributed by atoms with Crippen LogP contribution < -0.4 is 4.72 Å². The molecule has 3 saturated heterocycles. The number of hydrogen-bond acceptors (Lipinski definition) is 16. The predicted octanol–water partition coefficient (Wildman–Crippen LogP) is -6.19. The number of nitrogens with one attached hydrogen (secondary N) is 1. The summed E-state index contributed by atoms with van der Waals surface area (Å²) < 4.78 is 87.0. The molecule has 0 unspecified atom stereocenters. The van der Waals surface area contributed by atoms with Gasteiger partial charge in [0.15, 0.2) is 18.7 Å². The van der Waals surface area contributed by atoms with E-state index >= 15 is 0 Å². The van der Waals surface area contributed by atoms with E-state index in [1.807, 2.05) is 0 Å². The Morgan fingerprint density at radius 2 is 1.61 bits per heavy atom. The second kappa shape index (κ2) is 13.0. The number of rotatable bonds is 10. The molecule has 0 aromatic rings. The Bertz CT molecular complexity index is 1170. The molecule has 3 heterocycles. The highest BCUT2D eigenvalue weighted by atomic mass is 32.3. The van der Waals surface area contributed by atoms with Crippen LogP contribution in [0.2, 0.25) is 0 Å². The topological polar surface area (TPSA) is 341 Å². The Hall–Kier alpha value is -2.11. The van der Waals surface area contributed by atoms with E-state index in [-0.39, 0.29) is 37.7 Å². The minimum atomic E-state index is -5.49. The lowest BCUT2D eigenvalue weighted by Crippen LogP contribution is -2.69. The highest BCUT2D eigenvalue weighted by Gasteiger charge is 2.54. The molecule has 0 aromatic carbocycles. The van der Waals surface area contributed by atoms with Gasteiger partial charge in [0.05, 0.1) is 18.1 Å². The molecule has 0 aliphatic carbocycles. The zero-order valence-corrected chi connectivity index (χ0v) is 22.2. The summed E-state index contributed by atoms with van der Waals surface area (Å²) in [5.74, 6) is -1.81. The fourth-order valence-corrected chi connectivity index (χ4v) is 5.61. The molecule has 3 aliphatic rings. The van der Waals surface area contributed by atoms with Gasteiger partial charge in [-0.1, -0.05) is 0 Å². The van der Waals surface area contributed by atoms with Crippen LogP contribution in [0.25, 0.3) is 0 Å². The third-order valence-corrected chi connectivity index (χ3v) is 7.43. The van der Waals surface area contributed by atoms with E-state index in [0.717, 1.165) is 5.01 Å². The maximum atomic E-state index is 11.7. The Balaban J connectivity index is 1.96. The number of ether oxygens (including phenoxy) is 3. The standard InChI is InChI=1S/C16H29N5O18S2/c22-8-9(23)13(14(25)26)38-16(10(8)24)37-11-6(5-19-1-3-20(4-2-19)21(29)18-28)36-15(27)7(17-40(30,31)32)12(11)39-41(33,34)35/h6-13,15-17,22-24,27-28H,1-5H2,(H,25,26)(H,30,31,32)(H,33,34,35)/b21-18-/t6-,7-,8+,9+,10-,11-,12-,13+,15+,16-/m1/s1. The van der Waals surface area contributed by atoms with E-state index < -0.39 is 88.0 Å². The zero-order chi connectivity index (χ0) is 30.9. The molecule has 9 N–H and O–H groups in total. The highest BCUT2D eigenvalue weighted by Crippen LogP contribution is 2.31. The third kappa shape index (κ3) is 8.47. The molecule has 0 amide bonds. The van der Waals surface area contributed by atoms with Gasteiger partial charge in [-0.2, -0.15) is 21.6 Å². The molecule has 0 spiro atoms. The normalized spacial score (nSPS) is 38.1. The lowest BCUT2D eigenvalue weighted by Gasteiger charge is -2.47. The molecular formula is C16H29N5O18S2. The van der Waals surface area contributed by atoms with Crippen LogP contribution >= 0.6 is 0 Å². The van der Waals surface area contributed by atoms with Crippen LogP contribution in [-0.2, 0) is 43.9 Å². The molecule has 3 aliphatic heterocycles. The summed E-state index contributed by atoms with van der Waals surface area (Å²) in [7, 11) is -10.7. The number of piperazine rings is 1. The molecule has 3 rings (SSSR count). The lowest BCUT2D eigenvalue weighted by molar-refractivity contribution is -0.711. The van der Waals surface area contributed by atoms with Crippen molar-refractivity contribution in [2.24, 2.45) is 5.28 Å². The molecule has 0 bridgehead atoms. The average Bonchev–Trinajstić information content (AvgIpc) is 2.86. The third-order valence-electron chi connectivity index (χ3n) is 6.39. The van der Waals surface area contributed by atoms with Gasteiger partial charge in [-0.05, 0) is 0 Å². The summed E-state index contributed by atoms with van der Waals surface area (Å²) in [5, 5.41) is 73.9. The Labute approximate surface area is 231 Å². The fourth-order valence-electron chi connectivity index (χ4n) is 4.50. The van der Waals surface area contributed by atoms with Gasteiger partial charge >= 0.3 is 26.7 Å². The van der Waals surface area contributed by atoms with Crippen molar-refractivity contribution in [1.82, 2.24) is 14.6 Å². The maximum absolute atomic E-state index is 11.7. The second-order valence-electron chi connectivity index (χ2n) is 9.10. The average molecular weight is 644 g/mol. The molecule has 23 nitrogen and oxygen atoms in total. The van der Waals surface area contributed by atoms with Gasteiger partial charge < -0.3 is 50.2 Å². The molecule has 0 aromatic heterocycles. The number of aliphatic hydroxyl groups is 4. The Morgan fingerprint density at radius 3 is 2.12 bits per heavy atom. The summed E-state index contributed by atoms with van der Waals surface area (Å²) in [4.78, 5) is 13.0. The second-order valence-corrected chi connectivity index (χ2v) is 11.3. The summed E-state index contributed by atoms with van der Waals surface area (Å²) in [6.07, 6.45) is -19.1. The predicted molar refractivity (Wildman–Crippen MR) is 121 cm³/mol. The molecule has 238 valence electrons. The van der Waals surface area contributed by atoms with E-state index in [9.17, 15) is 61.5 Å². The van der Waals surface area contributed by atoms with Crippen LogP contribution in [-0.4, -0.2) is 172 Å². The monoisotopic (exact) mass is 643 g/mol. The quantitative estimate of drug-likeness (QED) is 0.0462. The number of hydrogen-bond donors (Lipinski definition) is 9. The van der Waals surface area contributed by atoms with Crippen molar-refractivity contribution in [2.75, 3.05) is 32.7 Å². The molecule has 3 fully saturated rings. The minimum Gasteiger partial charge on any atom is -0.569 e. The van der Waals surface area contributed by atoms with Crippen molar-refractivity contribution < 1.29 is 84.8 Å². The molecular weight excluding hydrogens is 614 g/mol. The first-order valence-corrected chi connectivity index (χ1v) is 14.3. The Morgan fingerprint density at radius 1 is 1.00 bits per heavy atom. The highest BCUT2D eigenvalue weighted by molar-refractivity contribution is 7.83. The van der Waals surface area contributed by atoms with Crippen molar-refractivity contribution in [3.8, 4) is 0 Å². The van der Waals surface area contributed by atoms with Crippen LogP contribution in [0.4, 0.5) is 0 Å². The van der Waals surface area contributed by atoms with Crippen molar-refractivity contribution in [3.63, 3.8) is 0 Å². The fraction of sp³-hybridized carbons (Fsp3) is 0.938. The van der Waals surface area contributed by atoms with Gasteiger partial charge in [-0.15, -0.1) is 5.01 Å². The van der Waals surface area contributed by atoms with E-state index in [0.29, 0.717) is 0 Å². The van der Waals surface area contributed by atoms with E-state index in [2.05, 4.69) is 9.46 Å². The summed E-state index contributed by atoms with van der Waals surface area (Å²) >= 11 is 0. The van der Waals surface area contributed by atoms with Gasteiger partial charge in [-0.3, -0.25) is 14.0 Å². The number of carbonyl (C=O) groups is 1. The first kappa shape index (κ1) is 33.4. The van der Waals surface area contributed by atoms with Crippen LogP contribution in [0.1, 0.15) is 0 Å². The van der Waals surface area contributed by atoms with Crippen molar-refractivity contribution >= 4 is 26.7 Å². The first-order chi connectivity index (χ1) is 18.9. The lowest BCUT2D eigenvalue weighted by atomic mass is 9.95. The molecule has 0 radical (unpaired) electrons. The number of hydrazine groups is 1. The van der Waals surface area contributed by atoms with Gasteiger partial charge in [0.1, 0.15) is 42.7 Å². The van der Waals surface area contributed by atoms with Crippen LogP contribution in [0.5, 0.6) is 0 Å². The van der Waals surface area contributed by atoms with Crippen LogP contribution in [0.3, 0.4) is 0 Å². The molecule has 0 saturated carbocycles. The smallest absolute Gasteiger partial charge is 0.397 e. The Kier molecular flexibility index (Phi) is 10.6. The number of carboxylic acid groups (broad SMARTS) is 1. The largest absolute Gasteiger partial charge is 0.569 e.